The number of fused-ring (bicyclic) bond motifs is 1. The minimum Gasteiger partial charge on any atom is -0.435 e. The third-order valence-electron chi connectivity index (χ3n) is 1.68. The topological polar surface area (TPSA) is 45.9 Å². The molecular weight excluding hydrogens is 222 g/mol. The van der Waals surface area contributed by atoms with Crippen LogP contribution in [0.5, 0.6) is 5.75 Å². The highest BCUT2D eigenvalue weighted by Gasteiger charge is 2.07. The number of alkyl halides is 2. The zero-order chi connectivity index (χ0) is 10.8. The third-order valence-corrected chi connectivity index (χ3v) is 2.60. The molecule has 0 bridgehead atoms. The second kappa shape index (κ2) is 3.79. The first-order chi connectivity index (χ1) is 7.19. The Morgan fingerprint density at radius 2 is 2.27 bits per heavy atom. The van der Waals surface area contributed by atoms with Gasteiger partial charge in [-0.15, -0.1) is 11.3 Å². The van der Waals surface area contributed by atoms with Crippen molar-refractivity contribution < 1.29 is 13.5 Å². The highest BCUT2D eigenvalue weighted by atomic mass is 32.1. The van der Waals surface area contributed by atoms with Crippen LogP contribution < -0.4 is 4.74 Å². The van der Waals surface area contributed by atoms with Crippen molar-refractivity contribution in [2.75, 3.05) is 0 Å². The van der Waals surface area contributed by atoms with E-state index < -0.39 is 6.61 Å². The molecule has 2 aromatic rings. The number of nitriles is 1. The Labute approximate surface area is 87.5 Å². The van der Waals surface area contributed by atoms with E-state index in [1.807, 2.05) is 6.07 Å². The number of benzene rings is 1. The van der Waals surface area contributed by atoms with E-state index in [1.165, 1.54) is 12.1 Å². The van der Waals surface area contributed by atoms with Gasteiger partial charge in [-0.1, -0.05) is 0 Å². The molecule has 0 aliphatic rings. The summed E-state index contributed by atoms with van der Waals surface area (Å²) >= 11 is 1.14. The maximum absolute atomic E-state index is 11.9. The van der Waals surface area contributed by atoms with Gasteiger partial charge < -0.3 is 4.74 Å². The highest BCUT2D eigenvalue weighted by Crippen LogP contribution is 2.26. The van der Waals surface area contributed by atoms with Gasteiger partial charge >= 0.3 is 6.61 Å². The summed E-state index contributed by atoms with van der Waals surface area (Å²) in [5, 5.41) is 8.90. The first kappa shape index (κ1) is 9.80. The fourth-order valence-corrected chi connectivity index (χ4v) is 1.92. The maximum Gasteiger partial charge on any atom is 0.387 e. The van der Waals surface area contributed by atoms with E-state index in [9.17, 15) is 8.78 Å². The number of rotatable bonds is 2. The molecule has 0 spiro atoms. The quantitative estimate of drug-likeness (QED) is 0.790. The molecule has 76 valence electrons. The van der Waals surface area contributed by atoms with Crippen molar-refractivity contribution in [1.82, 2.24) is 4.98 Å². The molecule has 15 heavy (non-hydrogen) atoms. The van der Waals surface area contributed by atoms with Crippen LogP contribution >= 0.6 is 11.3 Å². The Balaban J connectivity index is 2.42. The summed E-state index contributed by atoms with van der Waals surface area (Å²) in [7, 11) is 0. The first-order valence-corrected chi connectivity index (χ1v) is 4.76. The predicted octanol–water partition coefficient (Wildman–Crippen LogP) is 2.77. The number of halogens is 2. The number of hydrogen-bond donors (Lipinski definition) is 0. The predicted molar refractivity (Wildman–Crippen MR) is 51.0 cm³/mol. The molecule has 0 atom stereocenters. The zero-order valence-corrected chi connectivity index (χ0v) is 8.09. The van der Waals surface area contributed by atoms with E-state index in [0.29, 0.717) is 15.2 Å². The van der Waals surface area contributed by atoms with Crippen molar-refractivity contribution >= 4 is 21.6 Å². The molecule has 1 aromatic heterocycles. The van der Waals surface area contributed by atoms with Crippen LogP contribution in [0.25, 0.3) is 10.2 Å². The van der Waals surface area contributed by atoms with Crippen molar-refractivity contribution in [2.24, 2.45) is 0 Å². The molecule has 1 aromatic carbocycles. The summed E-state index contributed by atoms with van der Waals surface area (Å²) in [5.41, 5.74) is 0.609. The molecular formula is C9H4F2N2OS. The van der Waals surface area contributed by atoms with Crippen LogP contribution in [-0.2, 0) is 0 Å². The molecule has 2 rings (SSSR count). The molecule has 0 amide bonds. The number of nitrogens with zero attached hydrogens (tertiary/aromatic N) is 2. The molecule has 6 heteroatoms. The molecule has 1 heterocycles. The van der Waals surface area contributed by atoms with Crippen LogP contribution in [0, 0.1) is 11.3 Å². The van der Waals surface area contributed by atoms with Gasteiger partial charge in [0, 0.05) is 0 Å². The van der Waals surface area contributed by atoms with Gasteiger partial charge in [0.15, 0.2) is 5.01 Å². The van der Waals surface area contributed by atoms with Crippen molar-refractivity contribution in [3.63, 3.8) is 0 Å². The van der Waals surface area contributed by atoms with Crippen molar-refractivity contribution in [3.8, 4) is 11.8 Å². The highest BCUT2D eigenvalue weighted by molar-refractivity contribution is 7.19. The van der Waals surface area contributed by atoms with Crippen molar-refractivity contribution in [3.05, 3.63) is 23.2 Å². The van der Waals surface area contributed by atoms with Gasteiger partial charge in [-0.05, 0) is 18.2 Å². The number of aromatic nitrogens is 1. The lowest BCUT2D eigenvalue weighted by Crippen LogP contribution is -2.01. The normalized spacial score (nSPS) is 10.5. The standard InChI is InChI=1S/C9H4F2N2OS/c10-9(11)14-5-1-2-6-7(3-5)15-8(4-12)13-6/h1-3,9H. The summed E-state index contributed by atoms with van der Waals surface area (Å²) in [5.74, 6) is 0.0747. The van der Waals surface area contributed by atoms with Gasteiger partial charge in [0.05, 0.1) is 10.2 Å². The SMILES string of the molecule is N#Cc1nc2ccc(OC(F)F)cc2s1. The molecule has 0 saturated carbocycles. The smallest absolute Gasteiger partial charge is 0.387 e. The van der Waals surface area contributed by atoms with Gasteiger partial charge in [0.25, 0.3) is 0 Å². The number of thiazole rings is 1. The van der Waals surface area contributed by atoms with E-state index in [4.69, 9.17) is 5.26 Å². The Bertz CT molecular complexity index is 532. The molecule has 0 saturated heterocycles. The average molecular weight is 226 g/mol. The maximum atomic E-state index is 11.9. The van der Waals surface area contributed by atoms with Gasteiger partial charge in [0.2, 0.25) is 0 Å². The minimum absolute atomic E-state index is 0.0747. The molecule has 0 fully saturated rings. The van der Waals surface area contributed by atoms with E-state index in [2.05, 4.69) is 9.72 Å². The van der Waals surface area contributed by atoms with E-state index >= 15 is 0 Å². The molecule has 0 aliphatic carbocycles. The Hall–Kier alpha value is -1.74. The fourth-order valence-electron chi connectivity index (χ4n) is 1.13. The second-order valence-corrected chi connectivity index (χ2v) is 3.67. The largest absolute Gasteiger partial charge is 0.435 e. The lowest BCUT2D eigenvalue weighted by Gasteiger charge is -2.02. The Morgan fingerprint density at radius 3 is 2.93 bits per heavy atom. The van der Waals surface area contributed by atoms with E-state index in [1.54, 1.807) is 6.07 Å². The van der Waals surface area contributed by atoms with Gasteiger partial charge in [-0.2, -0.15) is 14.0 Å². The van der Waals surface area contributed by atoms with Crippen LogP contribution in [0.4, 0.5) is 8.78 Å². The zero-order valence-electron chi connectivity index (χ0n) is 7.28. The van der Waals surface area contributed by atoms with Crippen LogP contribution in [0.15, 0.2) is 18.2 Å². The van der Waals surface area contributed by atoms with Gasteiger partial charge in [0.1, 0.15) is 11.8 Å². The first-order valence-electron chi connectivity index (χ1n) is 3.94. The summed E-state index contributed by atoms with van der Waals surface area (Å²) in [6, 6.07) is 6.28. The summed E-state index contributed by atoms with van der Waals surface area (Å²) in [6.45, 7) is -2.84. The van der Waals surface area contributed by atoms with E-state index in [-0.39, 0.29) is 5.75 Å². The van der Waals surface area contributed by atoms with Gasteiger partial charge in [-0.3, -0.25) is 0 Å². The van der Waals surface area contributed by atoms with Crippen LogP contribution in [0.2, 0.25) is 0 Å². The molecule has 0 aliphatic heterocycles. The van der Waals surface area contributed by atoms with Crippen LogP contribution in [0.1, 0.15) is 5.01 Å². The summed E-state index contributed by atoms with van der Waals surface area (Å²) in [4.78, 5) is 3.97. The monoisotopic (exact) mass is 226 g/mol. The second-order valence-electron chi connectivity index (χ2n) is 2.64. The van der Waals surface area contributed by atoms with Gasteiger partial charge in [-0.25, -0.2) is 4.98 Å². The van der Waals surface area contributed by atoms with E-state index in [0.717, 1.165) is 11.3 Å². The summed E-state index contributed by atoms with van der Waals surface area (Å²) in [6.07, 6.45) is 0. The number of hydrogen-bond acceptors (Lipinski definition) is 4. The van der Waals surface area contributed by atoms with Crippen LogP contribution in [-0.4, -0.2) is 11.6 Å². The van der Waals surface area contributed by atoms with Crippen molar-refractivity contribution in [2.45, 2.75) is 6.61 Å². The molecule has 0 unspecified atom stereocenters. The lowest BCUT2D eigenvalue weighted by atomic mass is 10.3. The molecule has 0 N–H and O–H groups in total. The molecule has 0 radical (unpaired) electrons. The molecule has 3 nitrogen and oxygen atoms in total. The average Bonchev–Trinajstić information content (AvgIpc) is 2.58. The Morgan fingerprint density at radius 1 is 1.47 bits per heavy atom. The third kappa shape index (κ3) is 2.02. The summed E-state index contributed by atoms with van der Waals surface area (Å²) < 4.78 is 28.7. The van der Waals surface area contributed by atoms with Crippen molar-refractivity contribution in [1.29, 1.82) is 5.26 Å². The minimum atomic E-state index is -2.84. The lowest BCUT2D eigenvalue weighted by molar-refractivity contribution is -0.0497. The number of ether oxygens (including phenoxy) is 1. The van der Waals surface area contributed by atoms with Crippen LogP contribution in [0.3, 0.4) is 0 Å². The fraction of sp³-hybridized carbons (Fsp3) is 0.111. The Kier molecular flexibility index (Phi) is 2.47.